The molecule has 0 spiro atoms. The van der Waals surface area contributed by atoms with Gasteiger partial charge in [-0.3, -0.25) is 0 Å². The molecule has 1 aliphatic rings. The quantitative estimate of drug-likeness (QED) is 0.392. The Bertz CT molecular complexity index is 431. The van der Waals surface area contributed by atoms with Crippen molar-refractivity contribution in [2.45, 2.75) is 48.0 Å². The van der Waals surface area contributed by atoms with Gasteiger partial charge in [-0.2, -0.15) is 0 Å². The summed E-state index contributed by atoms with van der Waals surface area (Å²) in [6, 6.07) is 0. The molecule has 0 saturated carbocycles. The molecule has 7 heteroatoms. The van der Waals surface area contributed by atoms with E-state index in [9.17, 15) is 0 Å². The van der Waals surface area contributed by atoms with E-state index in [-0.39, 0.29) is 0 Å². The van der Waals surface area contributed by atoms with E-state index in [1.807, 2.05) is 18.2 Å². The minimum absolute atomic E-state index is 0.343. The van der Waals surface area contributed by atoms with E-state index in [0.717, 1.165) is 3.28 Å². The van der Waals surface area contributed by atoms with E-state index in [1.165, 1.54) is 0 Å². The van der Waals surface area contributed by atoms with Crippen LogP contribution in [0.3, 0.4) is 0 Å². The van der Waals surface area contributed by atoms with Crippen molar-refractivity contribution in [3.05, 3.63) is 21.5 Å². The summed E-state index contributed by atoms with van der Waals surface area (Å²) in [6.07, 6.45) is 6.57. The second-order valence-corrected chi connectivity index (χ2v) is 40.2. The zero-order chi connectivity index (χ0) is 18.4. The molecule has 0 aromatic heterocycles. The first kappa shape index (κ1) is 22.7. The van der Waals surface area contributed by atoms with E-state index in [4.69, 9.17) is 0 Å². The number of rotatable bonds is 11. The molecular weight excluding hydrogens is 448 g/mol. The van der Waals surface area contributed by atoms with Gasteiger partial charge < -0.3 is 0 Å². The first-order valence-corrected chi connectivity index (χ1v) is 24.5. The summed E-state index contributed by atoms with van der Waals surface area (Å²) < 4.78 is 41.6. The number of hydrogen-bond donors (Lipinski definition) is 3. The van der Waals surface area contributed by atoms with E-state index in [2.05, 4.69) is 51.3 Å². The van der Waals surface area contributed by atoms with Crippen LogP contribution in [0.2, 0.25) is 0 Å². The fraction of sp³-hybridized carbons (Fsp3) is 0.765. The molecule has 1 rings (SSSR count). The van der Waals surface area contributed by atoms with Crippen molar-refractivity contribution < 1.29 is 24.1 Å². The summed E-state index contributed by atoms with van der Waals surface area (Å²) >= 11 is -9.49. The van der Waals surface area contributed by atoms with Gasteiger partial charge in [-0.1, -0.05) is 0 Å². The normalized spacial score (nSPS) is 17.2. The van der Waals surface area contributed by atoms with E-state index >= 15 is 7.00 Å². The van der Waals surface area contributed by atoms with Gasteiger partial charge >= 0.3 is 152 Å². The van der Waals surface area contributed by atoms with Gasteiger partial charge in [0.2, 0.25) is 0 Å². The van der Waals surface area contributed by atoms with Crippen LogP contribution in [0.4, 0.5) is 7.00 Å². The molecular formula is C17H36F2GeN3Zr. The van der Waals surface area contributed by atoms with Crippen LogP contribution in [0.15, 0.2) is 21.5 Å². The zero-order valence-corrected chi connectivity index (χ0v) is 21.0. The van der Waals surface area contributed by atoms with Gasteiger partial charge in [-0.15, -0.1) is 0 Å². The predicted molar refractivity (Wildman–Crippen MR) is 99.7 cm³/mol. The minimum atomic E-state index is -4.91. The Kier molecular flexibility index (Phi) is 9.02. The van der Waals surface area contributed by atoms with Crippen LogP contribution in [0, 0.1) is 17.8 Å². The standard InChI is InChI=1S/C5H5.3C4H10N.F2GeH.Zr/c1-2-4-5-3-1;3*1-4(2)3-5;1-3-2;/h1-3H,4H2;3*4-5H,3H2,1-2H3;3H;/q;3*-1;;+3. The number of nitrogens with one attached hydrogen (secondary N) is 3. The van der Waals surface area contributed by atoms with Crippen molar-refractivity contribution in [2.75, 3.05) is 19.6 Å². The van der Waals surface area contributed by atoms with Crippen molar-refractivity contribution in [3.8, 4) is 0 Å². The third-order valence-electron chi connectivity index (χ3n) is 4.51. The Hall–Kier alpha value is 0.646. The molecule has 0 bridgehead atoms. The Morgan fingerprint density at radius 2 is 1.33 bits per heavy atom. The monoisotopic (exact) mass is 484 g/mol. The summed E-state index contributed by atoms with van der Waals surface area (Å²) in [7, 11) is 0. The molecule has 0 fully saturated rings. The molecule has 3 nitrogen and oxygen atoms in total. The zero-order valence-electron chi connectivity index (χ0n) is 16.1. The first-order valence-electron chi connectivity index (χ1n) is 9.19. The number of hydrogen-bond acceptors (Lipinski definition) is 3. The van der Waals surface area contributed by atoms with Crippen molar-refractivity contribution in [3.63, 3.8) is 0 Å². The molecule has 0 heterocycles. The van der Waals surface area contributed by atoms with E-state index in [1.54, 1.807) is 0 Å². The Labute approximate surface area is 151 Å². The molecule has 1 aliphatic carbocycles. The molecule has 0 atom stereocenters. The maximum absolute atomic E-state index is 15.0. The average molecular weight is 484 g/mol. The summed E-state index contributed by atoms with van der Waals surface area (Å²) in [5, 5.41) is 0. The molecule has 0 amide bonds. The SMILES string of the molecule is CC(C)C[NH][Zr]([NH]CC(C)C)([NH]CC(C)C)([C]1=CC=CC1)[GeH]([F])[F]. The fourth-order valence-corrected chi connectivity index (χ4v) is 32.2. The number of allylic oxidation sites excluding steroid dienone is 4. The molecule has 0 aromatic rings. The van der Waals surface area contributed by atoms with Gasteiger partial charge in [0.25, 0.3) is 0 Å². The molecule has 3 N–H and O–H groups in total. The molecule has 0 unspecified atom stereocenters. The van der Waals surface area contributed by atoms with Crippen LogP contribution in [-0.4, -0.2) is 31.1 Å². The molecule has 24 heavy (non-hydrogen) atoms. The van der Waals surface area contributed by atoms with E-state index in [0.29, 0.717) is 43.8 Å². The second kappa shape index (κ2) is 9.54. The third-order valence-corrected chi connectivity index (χ3v) is 40.8. The average Bonchev–Trinajstić information content (AvgIpc) is 3.02. The topological polar surface area (TPSA) is 36.1 Å². The van der Waals surface area contributed by atoms with E-state index < -0.39 is 28.6 Å². The van der Waals surface area contributed by atoms with Crippen LogP contribution in [0.1, 0.15) is 48.0 Å². The Morgan fingerprint density at radius 3 is 1.58 bits per heavy atom. The molecule has 0 radical (unpaired) electrons. The summed E-state index contributed by atoms with van der Waals surface area (Å²) in [5.74, 6) is 1.03. The summed E-state index contributed by atoms with van der Waals surface area (Å²) in [5.41, 5.74) is 0. The Morgan fingerprint density at radius 1 is 0.917 bits per heavy atom. The second-order valence-electron chi connectivity index (χ2n) is 8.28. The van der Waals surface area contributed by atoms with Crippen molar-refractivity contribution in [1.29, 1.82) is 0 Å². The van der Waals surface area contributed by atoms with Crippen LogP contribution < -0.4 is 9.78 Å². The summed E-state index contributed by atoms with van der Waals surface area (Å²) in [6.45, 7) is 14.4. The van der Waals surface area contributed by atoms with Crippen LogP contribution in [0.25, 0.3) is 0 Å². The number of halogens is 2. The maximum atomic E-state index is 15.0. The summed E-state index contributed by atoms with van der Waals surface area (Å²) in [4.78, 5) is 0. The van der Waals surface area contributed by atoms with Gasteiger partial charge in [0.05, 0.1) is 0 Å². The molecule has 0 saturated heterocycles. The molecule has 0 aliphatic heterocycles. The first-order chi connectivity index (χ1) is 11.1. The fourth-order valence-electron chi connectivity index (χ4n) is 2.98. The van der Waals surface area contributed by atoms with Gasteiger partial charge in [0, 0.05) is 0 Å². The molecule has 0 aromatic carbocycles. The van der Waals surface area contributed by atoms with Gasteiger partial charge in [0.1, 0.15) is 0 Å². The van der Waals surface area contributed by atoms with Gasteiger partial charge in [-0.05, 0) is 0 Å². The van der Waals surface area contributed by atoms with Crippen LogP contribution in [-0.2, 0) is 17.1 Å². The van der Waals surface area contributed by atoms with Gasteiger partial charge in [0.15, 0.2) is 0 Å². The molecule has 141 valence electrons. The van der Waals surface area contributed by atoms with Crippen LogP contribution >= 0.6 is 0 Å². The predicted octanol–water partition coefficient (Wildman–Crippen LogP) is 3.66. The third kappa shape index (κ3) is 5.32. The van der Waals surface area contributed by atoms with Gasteiger partial charge in [-0.25, -0.2) is 0 Å². The Balaban J connectivity index is 3.36. The van der Waals surface area contributed by atoms with Crippen LogP contribution in [0.5, 0.6) is 0 Å². The van der Waals surface area contributed by atoms with Crippen molar-refractivity contribution in [1.82, 2.24) is 9.78 Å². The van der Waals surface area contributed by atoms with Crippen molar-refractivity contribution in [2.24, 2.45) is 17.8 Å². The van der Waals surface area contributed by atoms with Crippen molar-refractivity contribution >= 4 is 11.5 Å².